The van der Waals surface area contributed by atoms with Gasteiger partial charge in [-0.3, -0.25) is 0 Å². The standard InChI is InChI=1S/C14H19N3OS/c1-3-11-16-12(10-5-8-19-13(10)17-11)15-9-14(18-2)6-4-7-14/h5,8H,3-4,6-7,9H2,1-2H3,(H,15,16,17). The number of methoxy groups -OCH3 is 1. The minimum atomic E-state index is 0.0136. The number of anilines is 1. The number of hydrogen-bond donors (Lipinski definition) is 1. The average molecular weight is 277 g/mol. The van der Waals surface area contributed by atoms with Crippen molar-refractivity contribution in [3.05, 3.63) is 17.3 Å². The van der Waals surface area contributed by atoms with E-state index in [9.17, 15) is 0 Å². The van der Waals surface area contributed by atoms with E-state index in [1.54, 1.807) is 18.4 Å². The number of thiophene rings is 1. The van der Waals surface area contributed by atoms with Crippen LogP contribution in [-0.2, 0) is 11.2 Å². The summed E-state index contributed by atoms with van der Waals surface area (Å²) >= 11 is 1.67. The molecule has 0 amide bonds. The molecular weight excluding hydrogens is 258 g/mol. The quantitative estimate of drug-likeness (QED) is 0.911. The van der Waals surface area contributed by atoms with Gasteiger partial charge in [-0.25, -0.2) is 9.97 Å². The maximum absolute atomic E-state index is 5.64. The summed E-state index contributed by atoms with van der Waals surface area (Å²) in [6.45, 7) is 2.91. The molecule has 1 aliphatic carbocycles. The van der Waals surface area contributed by atoms with Crippen LogP contribution >= 0.6 is 11.3 Å². The fourth-order valence-corrected chi connectivity index (χ4v) is 3.24. The minimum absolute atomic E-state index is 0.0136. The Morgan fingerprint density at radius 3 is 2.89 bits per heavy atom. The Kier molecular flexibility index (Phi) is 3.41. The summed E-state index contributed by atoms with van der Waals surface area (Å²) in [5.41, 5.74) is 0.0136. The molecule has 19 heavy (non-hydrogen) atoms. The first kappa shape index (κ1) is 12.8. The second-order valence-corrected chi connectivity index (χ2v) is 5.97. The highest BCUT2D eigenvalue weighted by molar-refractivity contribution is 7.16. The number of rotatable bonds is 5. The molecule has 0 atom stereocenters. The summed E-state index contributed by atoms with van der Waals surface area (Å²) in [7, 11) is 1.80. The Morgan fingerprint density at radius 1 is 1.42 bits per heavy atom. The van der Waals surface area contributed by atoms with E-state index in [-0.39, 0.29) is 5.60 Å². The molecule has 5 heteroatoms. The number of nitrogens with one attached hydrogen (secondary N) is 1. The molecule has 0 radical (unpaired) electrons. The Morgan fingerprint density at radius 2 is 2.26 bits per heavy atom. The van der Waals surface area contributed by atoms with Gasteiger partial charge in [-0.15, -0.1) is 11.3 Å². The van der Waals surface area contributed by atoms with Gasteiger partial charge in [0.15, 0.2) is 0 Å². The first-order chi connectivity index (χ1) is 9.26. The average Bonchev–Trinajstić information content (AvgIpc) is 2.85. The third-order valence-electron chi connectivity index (χ3n) is 3.96. The minimum Gasteiger partial charge on any atom is -0.376 e. The van der Waals surface area contributed by atoms with E-state index >= 15 is 0 Å². The number of ether oxygens (including phenoxy) is 1. The zero-order chi connectivity index (χ0) is 13.3. The maximum atomic E-state index is 5.64. The molecule has 1 N–H and O–H groups in total. The predicted octanol–water partition coefficient (Wildman–Crippen LogP) is 3.23. The van der Waals surface area contributed by atoms with E-state index in [0.29, 0.717) is 0 Å². The summed E-state index contributed by atoms with van der Waals surface area (Å²) in [5.74, 6) is 1.85. The number of nitrogens with zero attached hydrogens (tertiary/aromatic N) is 2. The van der Waals surface area contributed by atoms with Crippen LogP contribution in [0, 0.1) is 0 Å². The lowest BCUT2D eigenvalue weighted by Gasteiger charge is -2.40. The maximum Gasteiger partial charge on any atom is 0.138 e. The first-order valence-corrected chi connectivity index (χ1v) is 7.67. The number of aromatic nitrogens is 2. The van der Waals surface area contributed by atoms with Gasteiger partial charge in [0.1, 0.15) is 16.5 Å². The van der Waals surface area contributed by atoms with E-state index in [4.69, 9.17) is 4.74 Å². The number of hydrogen-bond acceptors (Lipinski definition) is 5. The van der Waals surface area contributed by atoms with E-state index in [2.05, 4.69) is 33.7 Å². The van der Waals surface area contributed by atoms with Crippen molar-refractivity contribution < 1.29 is 4.74 Å². The van der Waals surface area contributed by atoms with Crippen molar-refractivity contribution in [1.82, 2.24) is 9.97 Å². The lowest BCUT2D eigenvalue weighted by atomic mass is 9.80. The van der Waals surface area contributed by atoms with Gasteiger partial charge in [0.2, 0.25) is 0 Å². The second-order valence-electron chi connectivity index (χ2n) is 5.08. The molecule has 0 bridgehead atoms. The lowest BCUT2D eigenvalue weighted by Crippen LogP contribution is -2.45. The van der Waals surface area contributed by atoms with Crippen LogP contribution in [0.1, 0.15) is 32.0 Å². The zero-order valence-electron chi connectivity index (χ0n) is 11.4. The molecule has 0 unspecified atom stereocenters. The van der Waals surface area contributed by atoms with Crippen LogP contribution in [0.15, 0.2) is 11.4 Å². The van der Waals surface area contributed by atoms with Crippen molar-refractivity contribution in [3.8, 4) is 0 Å². The van der Waals surface area contributed by atoms with E-state index < -0.39 is 0 Å². The third kappa shape index (κ3) is 2.32. The Bertz CT molecular complexity index is 572. The SMILES string of the molecule is CCc1nc(NCC2(OC)CCC2)c2ccsc2n1. The molecule has 102 valence electrons. The van der Waals surface area contributed by atoms with Gasteiger partial charge >= 0.3 is 0 Å². The van der Waals surface area contributed by atoms with Crippen LogP contribution in [0.4, 0.5) is 5.82 Å². The summed E-state index contributed by atoms with van der Waals surface area (Å²) in [6, 6.07) is 2.09. The van der Waals surface area contributed by atoms with Gasteiger partial charge in [0.05, 0.1) is 11.0 Å². The molecule has 4 nitrogen and oxygen atoms in total. The number of aryl methyl sites for hydroxylation is 1. The van der Waals surface area contributed by atoms with Crippen molar-refractivity contribution in [2.24, 2.45) is 0 Å². The van der Waals surface area contributed by atoms with E-state index in [1.165, 1.54) is 6.42 Å². The third-order valence-corrected chi connectivity index (χ3v) is 4.77. The highest BCUT2D eigenvalue weighted by Gasteiger charge is 2.36. The highest BCUT2D eigenvalue weighted by Crippen LogP contribution is 2.35. The molecule has 0 spiro atoms. The van der Waals surface area contributed by atoms with Crippen LogP contribution < -0.4 is 5.32 Å². The van der Waals surface area contributed by atoms with E-state index in [1.807, 2.05) is 0 Å². The van der Waals surface area contributed by atoms with Gasteiger partial charge in [0.25, 0.3) is 0 Å². The van der Waals surface area contributed by atoms with Crippen molar-refractivity contribution in [2.45, 2.75) is 38.2 Å². The fraction of sp³-hybridized carbons (Fsp3) is 0.571. The van der Waals surface area contributed by atoms with Crippen molar-refractivity contribution in [3.63, 3.8) is 0 Å². The molecule has 0 aliphatic heterocycles. The summed E-state index contributed by atoms with van der Waals surface area (Å²) in [5, 5.41) is 6.66. The van der Waals surface area contributed by atoms with Crippen molar-refractivity contribution in [2.75, 3.05) is 19.0 Å². The van der Waals surface area contributed by atoms with E-state index in [0.717, 1.165) is 47.7 Å². The van der Waals surface area contributed by atoms with Gasteiger partial charge in [-0.05, 0) is 30.7 Å². The number of fused-ring (bicyclic) bond motifs is 1. The van der Waals surface area contributed by atoms with Crippen LogP contribution in [-0.4, -0.2) is 29.2 Å². The smallest absolute Gasteiger partial charge is 0.138 e. The summed E-state index contributed by atoms with van der Waals surface area (Å²) < 4.78 is 5.64. The molecule has 2 aromatic rings. The molecule has 2 heterocycles. The van der Waals surface area contributed by atoms with Gasteiger partial charge in [0, 0.05) is 20.1 Å². The molecule has 3 rings (SSSR count). The molecule has 1 aliphatic rings. The lowest BCUT2D eigenvalue weighted by molar-refractivity contribution is -0.0601. The molecule has 0 saturated heterocycles. The Hall–Kier alpha value is -1.20. The van der Waals surface area contributed by atoms with Gasteiger partial charge < -0.3 is 10.1 Å². The van der Waals surface area contributed by atoms with Gasteiger partial charge in [-0.1, -0.05) is 6.92 Å². The zero-order valence-corrected chi connectivity index (χ0v) is 12.2. The predicted molar refractivity (Wildman–Crippen MR) is 78.9 cm³/mol. The van der Waals surface area contributed by atoms with Crippen molar-refractivity contribution in [1.29, 1.82) is 0 Å². The molecule has 2 aromatic heterocycles. The highest BCUT2D eigenvalue weighted by atomic mass is 32.1. The summed E-state index contributed by atoms with van der Waals surface area (Å²) in [6.07, 6.45) is 4.38. The van der Waals surface area contributed by atoms with Crippen molar-refractivity contribution >= 4 is 27.4 Å². The second kappa shape index (κ2) is 5.06. The topological polar surface area (TPSA) is 47.0 Å². The van der Waals surface area contributed by atoms with Crippen LogP contribution in [0.25, 0.3) is 10.2 Å². The normalized spacial score (nSPS) is 17.4. The fourth-order valence-electron chi connectivity index (χ4n) is 2.46. The molecule has 1 fully saturated rings. The summed E-state index contributed by atoms with van der Waals surface area (Å²) in [4.78, 5) is 10.2. The van der Waals surface area contributed by atoms with Crippen LogP contribution in [0.5, 0.6) is 0 Å². The Balaban J connectivity index is 1.85. The Labute approximate surface area is 117 Å². The largest absolute Gasteiger partial charge is 0.376 e. The molecular formula is C14H19N3OS. The first-order valence-electron chi connectivity index (χ1n) is 6.79. The monoisotopic (exact) mass is 277 g/mol. The van der Waals surface area contributed by atoms with Gasteiger partial charge in [-0.2, -0.15) is 0 Å². The van der Waals surface area contributed by atoms with Crippen LogP contribution in [0.3, 0.4) is 0 Å². The molecule has 0 aromatic carbocycles. The van der Waals surface area contributed by atoms with Crippen LogP contribution in [0.2, 0.25) is 0 Å². The molecule has 1 saturated carbocycles.